The highest BCUT2D eigenvalue weighted by molar-refractivity contribution is 5.79. The molecule has 0 N–H and O–H groups in total. The van der Waals surface area contributed by atoms with Crippen molar-refractivity contribution in [1.82, 2.24) is 0 Å². The molecule has 1 aromatic carbocycles. The molecule has 0 heterocycles. The monoisotopic (exact) mass is 175 g/mol. The lowest BCUT2D eigenvalue weighted by Crippen LogP contribution is -1.96. The summed E-state index contributed by atoms with van der Waals surface area (Å²) >= 11 is 0. The molecule has 0 spiro atoms. The van der Waals surface area contributed by atoms with Gasteiger partial charge < -0.3 is 0 Å². The van der Waals surface area contributed by atoms with E-state index in [0.29, 0.717) is 18.6 Å². The van der Waals surface area contributed by atoms with Crippen LogP contribution in [-0.4, -0.2) is 5.78 Å². The van der Waals surface area contributed by atoms with Crippen molar-refractivity contribution >= 4 is 5.78 Å². The first-order valence-electron chi connectivity index (χ1n) is 4.70. The van der Waals surface area contributed by atoms with Crippen LogP contribution < -0.4 is 0 Å². The van der Waals surface area contributed by atoms with Gasteiger partial charge in [0.25, 0.3) is 0 Å². The second kappa shape index (κ2) is 5.52. The molecule has 0 saturated carbocycles. The Morgan fingerprint density at radius 2 is 2.00 bits per heavy atom. The first-order chi connectivity index (χ1) is 6.33. The van der Waals surface area contributed by atoms with E-state index in [-0.39, 0.29) is 0 Å². The summed E-state index contributed by atoms with van der Waals surface area (Å²) in [5.41, 5.74) is 1.27. The number of hydrogen-bond donors (Lipinski definition) is 0. The van der Waals surface area contributed by atoms with Crippen LogP contribution in [0.3, 0.4) is 0 Å². The van der Waals surface area contributed by atoms with Gasteiger partial charge in [-0.3, -0.25) is 4.79 Å². The lowest BCUT2D eigenvalue weighted by molar-refractivity contribution is -0.118. The van der Waals surface area contributed by atoms with Gasteiger partial charge in [-0.15, -0.1) is 0 Å². The van der Waals surface area contributed by atoms with Crippen LogP contribution >= 0.6 is 0 Å². The molecule has 0 unspecified atom stereocenters. The molecule has 0 saturated heterocycles. The van der Waals surface area contributed by atoms with Crippen LogP contribution in [0.2, 0.25) is 0 Å². The molecule has 1 rings (SSSR count). The second-order valence-corrected chi connectivity index (χ2v) is 3.07. The van der Waals surface area contributed by atoms with Crippen LogP contribution in [-0.2, 0) is 11.2 Å². The first kappa shape index (κ1) is 9.97. The number of benzene rings is 1. The highest BCUT2D eigenvalue weighted by atomic mass is 16.1. The zero-order valence-electron chi connectivity index (χ0n) is 7.99. The minimum atomic E-state index is 0.316. The lowest BCUT2D eigenvalue weighted by atomic mass is 10.1. The third-order valence-electron chi connectivity index (χ3n) is 1.99. The number of carbonyl (C=O) groups is 1. The molecule has 1 nitrogen and oxygen atoms in total. The van der Waals surface area contributed by atoms with E-state index < -0.39 is 0 Å². The zero-order valence-corrected chi connectivity index (χ0v) is 7.99. The number of rotatable bonds is 5. The van der Waals surface area contributed by atoms with Crippen molar-refractivity contribution in [3.05, 3.63) is 42.3 Å². The topological polar surface area (TPSA) is 17.1 Å². The Kier molecular flexibility index (Phi) is 4.24. The molecule has 0 fully saturated rings. The summed E-state index contributed by atoms with van der Waals surface area (Å²) in [4.78, 5) is 11.0. The fourth-order valence-corrected chi connectivity index (χ4v) is 1.16. The maximum atomic E-state index is 11.0. The van der Waals surface area contributed by atoms with Crippen LogP contribution in [0.4, 0.5) is 0 Å². The summed E-state index contributed by atoms with van der Waals surface area (Å²) in [7, 11) is 0. The normalized spacial score (nSPS) is 9.92. The van der Waals surface area contributed by atoms with Gasteiger partial charge in [-0.05, 0) is 18.4 Å². The van der Waals surface area contributed by atoms with Gasteiger partial charge >= 0.3 is 0 Å². The van der Waals surface area contributed by atoms with Crippen LogP contribution in [0.15, 0.2) is 30.3 Å². The third-order valence-corrected chi connectivity index (χ3v) is 1.99. The van der Waals surface area contributed by atoms with Crippen LogP contribution in [0, 0.1) is 6.42 Å². The molecular weight excluding hydrogens is 160 g/mol. The number of ketones is 1. The highest BCUT2D eigenvalue weighted by Crippen LogP contribution is 2.04. The molecular formula is C12H15O. The molecule has 0 aliphatic rings. The van der Waals surface area contributed by atoms with Crippen molar-refractivity contribution in [1.29, 1.82) is 0 Å². The van der Waals surface area contributed by atoms with Crippen LogP contribution in [0.25, 0.3) is 0 Å². The van der Waals surface area contributed by atoms with E-state index in [0.717, 1.165) is 6.42 Å². The minimum Gasteiger partial charge on any atom is -0.300 e. The van der Waals surface area contributed by atoms with Gasteiger partial charge in [0.2, 0.25) is 0 Å². The van der Waals surface area contributed by atoms with Gasteiger partial charge in [-0.2, -0.15) is 0 Å². The predicted octanol–water partition coefficient (Wildman–Crippen LogP) is 2.80. The average molecular weight is 175 g/mol. The Morgan fingerprint density at radius 1 is 1.31 bits per heavy atom. The largest absolute Gasteiger partial charge is 0.300 e. The van der Waals surface area contributed by atoms with Crippen molar-refractivity contribution in [3.8, 4) is 0 Å². The zero-order chi connectivity index (χ0) is 9.52. The van der Waals surface area contributed by atoms with E-state index in [1.165, 1.54) is 5.56 Å². The molecule has 0 aliphatic carbocycles. The molecule has 69 valence electrons. The van der Waals surface area contributed by atoms with E-state index in [4.69, 9.17) is 0 Å². The standard InChI is InChI=1S/C12H15O/c1-2-12(13)10-6-9-11-7-4-3-5-8-11/h3-8H,2,9-10H2,1H3. The fraction of sp³-hybridized carbons (Fsp3) is 0.333. The Hall–Kier alpha value is -1.11. The van der Waals surface area contributed by atoms with Gasteiger partial charge in [0.1, 0.15) is 5.78 Å². The summed E-state index contributed by atoms with van der Waals surface area (Å²) in [5, 5.41) is 0. The Balaban J connectivity index is 2.24. The fourth-order valence-electron chi connectivity index (χ4n) is 1.16. The minimum absolute atomic E-state index is 0.316. The predicted molar refractivity (Wildman–Crippen MR) is 54.4 cm³/mol. The molecule has 0 aliphatic heterocycles. The van der Waals surface area contributed by atoms with E-state index >= 15 is 0 Å². The number of hydrogen-bond acceptors (Lipinski definition) is 1. The number of Topliss-reactive ketones (excluding diaryl/α,β-unsaturated/α-hetero) is 1. The van der Waals surface area contributed by atoms with Gasteiger partial charge in [0.05, 0.1) is 0 Å². The van der Waals surface area contributed by atoms with Crippen molar-refractivity contribution < 1.29 is 4.79 Å². The van der Waals surface area contributed by atoms with Crippen molar-refractivity contribution in [2.24, 2.45) is 0 Å². The average Bonchev–Trinajstić information content (AvgIpc) is 2.19. The SMILES string of the molecule is CCC(=O)C[CH]Cc1ccccc1. The summed E-state index contributed by atoms with van der Waals surface area (Å²) in [5.74, 6) is 0.316. The molecule has 1 radical (unpaired) electrons. The van der Waals surface area contributed by atoms with Gasteiger partial charge in [-0.25, -0.2) is 0 Å². The van der Waals surface area contributed by atoms with Crippen molar-refractivity contribution in [3.63, 3.8) is 0 Å². The molecule has 0 atom stereocenters. The summed E-state index contributed by atoms with van der Waals surface area (Å²) < 4.78 is 0. The summed E-state index contributed by atoms with van der Waals surface area (Å²) in [6, 6.07) is 10.2. The first-order valence-corrected chi connectivity index (χ1v) is 4.70. The summed E-state index contributed by atoms with van der Waals surface area (Å²) in [6.45, 7) is 1.90. The van der Waals surface area contributed by atoms with Crippen molar-refractivity contribution in [2.75, 3.05) is 0 Å². The Bertz CT molecular complexity index is 251. The maximum Gasteiger partial charge on any atom is 0.132 e. The maximum absolute atomic E-state index is 11.0. The molecule has 0 amide bonds. The van der Waals surface area contributed by atoms with E-state index in [2.05, 4.69) is 12.1 Å². The van der Waals surface area contributed by atoms with Crippen molar-refractivity contribution in [2.45, 2.75) is 26.2 Å². The second-order valence-electron chi connectivity index (χ2n) is 3.07. The Labute approximate surface area is 79.8 Å². The smallest absolute Gasteiger partial charge is 0.132 e. The van der Waals surface area contributed by atoms with E-state index in [9.17, 15) is 4.79 Å². The number of carbonyl (C=O) groups excluding carboxylic acids is 1. The van der Waals surface area contributed by atoms with Crippen LogP contribution in [0.5, 0.6) is 0 Å². The van der Waals surface area contributed by atoms with E-state index in [1.807, 2.05) is 31.5 Å². The summed E-state index contributed by atoms with van der Waals surface area (Å²) in [6.07, 6.45) is 4.18. The quantitative estimate of drug-likeness (QED) is 0.672. The molecule has 1 aromatic rings. The Morgan fingerprint density at radius 3 is 2.62 bits per heavy atom. The molecule has 13 heavy (non-hydrogen) atoms. The van der Waals surface area contributed by atoms with Crippen LogP contribution in [0.1, 0.15) is 25.3 Å². The molecule has 0 aromatic heterocycles. The van der Waals surface area contributed by atoms with Gasteiger partial charge in [-0.1, -0.05) is 37.3 Å². The molecule has 0 bridgehead atoms. The highest BCUT2D eigenvalue weighted by Gasteiger charge is 1.98. The third kappa shape index (κ3) is 3.88. The lowest BCUT2D eigenvalue weighted by Gasteiger charge is -1.99. The molecule has 1 heteroatoms. The van der Waals surface area contributed by atoms with E-state index in [1.54, 1.807) is 0 Å². The van der Waals surface area contributed by atoms with Gasteiger partial charge in [0.15, 0.2) is 0 Å². The van der Waals surface area contributed by atoms with Gasteiger partial charge in [0, 0.05) is 12.8 Å².